The van der Waals surface area contributed by atoms with Gasteiger partial charge in [0, 0.05) is 11.3 Å². The van der Waals surface area contributed by atoms with E-state index in [4.69, 9.17) is 16.6 Å². The summed E-state index contributed by atoms with van der Waals surface area (Å²) < 4.78 is 56.0. The molecule has 0 amide bonds. The third-order valence-corrected chi connectivity index (χ3v) is 14.2. The van der Waals surface area contributed by atoms with E-state index in [1.807, 2.05) is 60.7 Å². The third kappa shape index (κ3) is 5.86. The Bertz CT molecular complexity index is 3950. The minimum atomic E-state index is -0.432. The second-order valence-electron chi connectivity index (χ2n) is 17.9. The van der Waals surface area contributed by atoms with Crippen molar-refractivity contribution in [3.8, 4) is 67.5 Å². The van der Waals surface area contributed by atoms with Crippen molar-refractivity contribution < 1.29 is 30.9 Å². The average molecular weight is 1040 g/mol. The quantitative estimate of drug-likeness (QED) is 0.156. The molecule has 10 aromatic rings. The molecule has 0 radical (unpaired) electrons. The van der Waals surface area contributed by atoms with E-state index in [2.05, 4.69) is 168 Å². The van der Waals surface area contributed by atoms with Gasteiger partial charge >= 0.3 is 333 Å². The Kier molecular flexibility index (Phi) is 7.61. The molecule has 318 valence electrons. The van der Waals surface area contributed by atoms with Crippen LogP contribution in [0.1, 0.15) is 33.2 Å². The summed E-state index contributed by atoms with van der Waals surface area (Å²) in [6.45, 7) is 6.44. The van der Waals surface area contributed by atoms with Gasteiger partial charge in [0.05, 0.1) is 0 Å². The van der Waals surface area contributed by atoms with E-state index in [1.165, 1.54) is 27.8 Å². The first-order valence-electron chi connectivity index (χ1n) is 24.6. The number of aromatic nitrogens is 3. The summed E-state index contributed by atoms with van der Waals surface area (Å²) in [6, 6.07) is 56.6. The summed E-state index contributed by atoms with van der Waals surface area (Å²) in [6.07, 6.45) is 0. The zero-order valence-corrected chi connectivity index (χ0v) is 38.5. The Morgan fingerprint density at radius 1 is 0.545 bits per heavy atom. The topological polar surface area (TPSA) is 38.5 Å². The molecule has 5 heterocycles. The Morgan fingerprint density at radius 2 is 1.15 bits per heavy atom. The number of para-hydroxylation sites is 6. The van der Waals surface area contributed by atoms with Crippen molar-refractivity contribution in [1.82, 2.24) is 14.1 Å². The molecule has 0 saturated carbocycles. The van der Waals surface area contributed by atoms with Crippen LogP contribution >= 0.6 is 0 Å². The Morgan fingerprint density at radius 3 is 1.89 bits per heavy atom. The summed E-state index contributed by atoms with van der Waals surface area (Å²) in [5, 5.41) is 0. The van der Waals surface area contributed by atoms with Gasteiger partial charge in [0.1, 0.15) is 0 Å². The molecule has 6 nitrogen and oxygen atoms in total. The molecular formula is C58H42BN5OPt. The number of benzene rings is 8. The van der Waals surface area contributed by atoms with Gasteiger partial charge in [0.15, 0.2) is 0 Å². The third-order valence-electron chi connectivity index (χ3n) is 13.2. The predicted molar refractivity (Wildman–Crippen MR) is 267 cm³/mol. The Balaban J connectivity index is 0.954. The van der Waals surface area contributed by atoms with E-state index in [-0.39, 0.29) is 42.1 Å². The summed E-state index contributed by atoms with van der Waals surface area (Å²) in [7, 11) is 0. The van der Waals surface area contributed by atoms with Gasteiger partial charge in [0.25, 0.3) is 0 Å². The zero-order valence-electron chi connectivity index (χ0n) is 41.2. The van der Waals surface area contributed by atoms with Crippen LogP contribution in [-0.4, -0.2) is 21.1 Å². The fourth-order valence-corrected chi connectivity index (χ4v) is 11.3. The normalized spacial score (nSPS) is 14.1. The van der Waals surface area contributed by atoms with Crippen LogP contribution in [0.5, 0.6) is 11.6 Å². The molecule has 0 bridgehead atoms. The molecule has 13 rings (SSSR count). The number of imidazole rings is 1. The number of anilines is 4. The van der Waals surface area contributed by atoms with Crippen LogP contribution in [0.2, 0.25) is 0 Å². The standard InChI is InChI=1S/C58H42BN5O.Pt/c1-58(2,3)40-32-30-39(31-33-40)44-22-14-21-43(38-16-5-4-6-17-38)56(44)62-37-61(50-26-9-10-27-51(50)62)41-18-13-19-42(36-41)65-54-35-34-48-47-24-15-23-46-45-20-7-8-25-49(45)63-52-28-11-12-29-53(52)64(57(48)60-54)59(63)55(46)47;/h4-36H,1-3H3;/i4D,5D,6D,16D,17D;. The van der Waals surface area contributed by atoms with Crippen molar-refractivity contribution in [3.63, 3.8) is 0 Å². The summed E-state index contributed by atoms with van der Waals surface area (Å²) in [4.78, 5) is 10.1. The van der Waals surface area contributed by atoms with Crippen molar-refractivity contribution in [1.29, 1.82) is 0 Å². The Hall–Kier alpha value is -7.47. The number of nitrogens with zero attached hydrogens (tertiary/aromatic N) is 5. The molecule has 3 aliphatic rings. The number of rotatable bonds is 6. The number of hydrogen-bond donors (Lipinski definition) is 0. The van der Waals surface area contributed by atoms with E-state index in [1.54, 1.807) is 0 Å². The molecule has 66 heavy (non-hydrogen) atoms. The molecule has 0 atom stereocenters. The van der Waals surface area contributed by atoms with Gasteiger partial charge in [-0.25, -0.2) is 0 Å². The molecule has 2 aromatic heterocycles. The summed E-state index contributed by atoms with van der Waals surface area (Å²) >= 11 is 2.35. The van der Waals surface area contributed by atoms with Gasteiger partial charge in [0.2, 0.25) is 0 Å². The fourth-order valence-electron chi connectivity index (χ4n) is 10.2. The van der Waals surface area contributed by atoms with E-state index in [0.29, 0.717) is 22.9 Å². The number of fused-ring (bicyclic) bond motifs is 10. The maximum absolute atomic E-state index is 9.16. The van der Waals surface area contributed by atoms with Crippen LogP contribution in [0.3, 0.4) is 0 Å². The molecular weight excluding hydrogens is 989 g/mol. The number of ether oxygens (including phenoxy) is 1. The van der Waals surface area contributed by atoms with E-state index >= 15 is 0 Å². The van der Waals surface area contributed by atoms with Crippen molar-refractivity contribution in [2.45, 2.75) is 26.2 Å². The van der Waals surface area contributed by atoms with Crippen LogP contribution < -0.4 is 19.8 Å². The minimum absolute atomic E-state index is 0.0657. The van der Waals surface area contributed by atoms with Crippen molar-refractivity contribution in [3.05, 3.63) is 209 Å². The monoisotopic (exact) mass is 1040 g/mol. The first-order chi connectivity index (χ1) is 34.4. The van der Waals surface area contributed by atoms with Gasteiger partial charge in [-0.1, -0.05) is 42.5 Å². The number of pyridine rings is 1. The first-order valence-corrected chi connectivity index (χ1v) is 23.2. The van der Waals surface area contributed by atoms with E-state index in [9.17, 15) is 0 Å². The maximum atomic E-state index is 9.16. The molecule has 8 heteroatoms. The van der Waals surface area contributed by atoms with Crippen LogP contribution in [0, 0.1) is 3.80 Å². The van der Waals surface area contributed by atoms with E-state index < -0.39 is 6.04 Å². The van der Waals surface area contributed by atoms with Gasteiger partial charge in [-0.05, 0) is 17.7 Å². The second-order valence-corrected chi connectivity index (χ2v) is 19.0. The Labute approximate surface area is 402 Å². The van der Waals surface area contributed by atoms with Gasteiger partial charge < -0.3 is 0 Å². The molecule has 8 aromatic carbocycles. The van der Waals surface area contributed by atoms with Crippen molar-refractivity contribution >= 4 is 46.4 Å². The van der Waals surface area contributed by atoms with Gasteiger partial charge in [-0.15, -0.1) is 0 Å². The molecule has 0 N–H and O–H groups in total. The van der Waals surface area contributed by atoms with Crippen LogP contribution in [-0.2, 0) is 24.8 Å². The fraction of sp³-hybridized carbons (Fsp3) is 0.0690. The van der Waals surface area contributed by atoms with Crippen LogP contribution in [0.15, 0.2) is 200 Å². The molecule has 0 spiro atoms. The average Bonchev–Trinajstić information content (AvgIpc) is 3.89. The second kappa shape index (κ2) is 14.8. The molecule has 0 aliphatic carbocycles. The van der Waals surface area contributed by atoms with Crippen LogP contribution in [0.4, 0.5) is 22.9 Å². The SMILES string of the molecule is [2H]c1c([2H])c([2H])c(-c2cccc(-c3ccc(C(C)(C)C)cc3)c2-n2[c](=[Pt])n(-c3cccc(Oc4ccc5c(n4)N4B6c7c(cccc7-5)-c5ccccc5N6c5ccccc54)c3)c3ccccc32)c([2H])c1[2H]. The summed E-state index contributed by atoms with van der Waals surface area (Å²) in [5.74, 6) is 1.89. The van der Waals surface area contributed by atoms with Gasteiger partial charge in [-0.3, -0.25) is 0 Å². The first kappa shape index (κ1) is 34.0. The molecule has 0 saturated heterocycles. The molecule has 0 unspecified atom stereocenters. The molecule has 3 aliphatic heterocycles. The summed E-state index contributed by atoms with van der Waals surface area (Å²) in [5.41, 5.74) is 16.1. The number of hydrogen-bond acceptors (Lipinski definition) is 4. The molecule has 0 fully saturated rings. The zero-order chi connectivity index (χ0) is 48.6. The van der Waals surface area contributed by atoms with Crippen molar-refractivity contribution in [2.75, 3.05) is 9.62 Å². The van der Waals surface area contributed by atoms with Gasteiger partial charge in [-0.2, -0.15) is 0 Å². The predicted octanol–water partition coefficient (Wildman–Crippen LogP) is 14.0. The van der Waals surface area contributed by atoms with Crippen LogP contribution in [0.25, 0.3) is 66.9 Å². The van der Waals surface area contributed by atoms with E-state index in [0.717, 1.165) is 60.0 Å². The van der Waals surface area contributed by atoms with Crippen molar-refractivity contribution in [2.24, 2.45) is 0 Å².